The number of nitrogen functional groups attached to an aromatic ring is 1. The van der Waals surface area contributed by atoms with Gasteiger partial charge >= 0.3 is 0 Å². The Morgan fingerprint density at radius 1 is 1.30 bits per heavy atom. The van der Waals surface area contributed by atoms with E-state index in [-0.39, 0.29) is 23.2 Å². The number of carbonyl (C=O) groups is 1. The zero-order valence-electron chi connectivity index (χ0n) is 10.9. The van der Waals surface area contributed by atoms with Gasteiger partial charge in [0.05, 0.1) is 11.7 Å². The average molecular weight is 293 g/mol. The van der Waals surface area contributed by atoms with Crippen molar-refractivity contribution in [3.8, 4) is 0 Å². The first kappa shape index (κ1) is 14.3. The maximum Gasteiger partial charge on any atom is 0.251 e. The predicted molar refractivity (Wildman–Crippen MR) is 78.1 cm³/mol. The van der Waals surface area contributed by atoms with Gasteiger partial charge in [-0.3, -0.25) is 4.79 Å². The summed E-state index contributed by atoms with van der Waals surface area (Å²) in [4.78, 5) is 12.0. The van der Waals surface area contributed by atoms with E-state index >= 15 is 0 Å². The van der Waals surface area contributed by atoms with Gasteiger partial charge in [0.1, 0.15) is 5.82 Å². The van der Waals surface area contributed by atoms with E-state index in [0.717, 1.165) is 11.6 Å². The maximum absolute atomic E-state index is 13.3. The van der Waals surface area contributed by atoms with Crippen LogP contribution < -0.4 is 11.1 Å². The number of nitrogens with two attached hydrogens (primary N) is 1. The van der Waals surface area contributed by atoms with Gasteiger partial charge in [-0.05, 0) is 42.8 Å². The Balaban J connectivity index is 2.13. The highest BCUT2D eigenvalue weighted by Crippen LogP contribution is 2.18. The van der Waals surface area contributed by atoms with E-state index in [9.17, 15) is 9.18 Å². The zero-order valence-corrected chi connectivity index (χ0v) is 11.6. The Bertz CT molecular complexity index is 646. The number of benzene rings is 2. The summed E-state index contributed by atoms with van der Waals surface area (Å²) in [5.74, 6) is -0.968. The number of anilines is 1. The molecule has 2 rings (SSSR count). The smallest absolute Gasteiger partial charge is 0.251 e. The SMILES string of the molecule is C[C@@H](NC(=O)c1ccc(N)c(F)c1)c1cccc(Cl)c1. The van der Waals surface area contributed by atoms with Crippen LogP contribution in [0.4, 0.5) is 10.1 Å². The fourth-order valence-electron chi connectivity index (χ4n) is 1.81. The van der Waals surface area contributed by atoms with E-state index in [4.69, 9.17) is 17.3 Å². The van der Waals surface area contributed by atoms with Crippen LogP contribution in [0.1, 0.15) is 28.9 Å². The zero-order chi connectivity index (χ0) is 14.7. The van der Waals surface area contributed by atoms with E-state index in [0.29, 0.717) is 5.02 Å². The lowest BCUT2D eigenvalue weighted by molar-refractivity contribution is 0.0939. The van der Waals surface area contributed by atoms with Crippen molar-refractivity contribution in [1.82, 2.24) is 5.32 Å². The molecule has 3 N–H and O–H groups in total. The molecule has 2 aromatic carbocycles. The van der Waals surface area contributed by atoms with Gasteiger partial charge in [-0.15, -0.1) is 0 Å². The number of halogens is 2. The lowest BCUT2D eigenvalue weighted by Crippen LogP contribution is -2.26. The molecule has 0 aliphatic carbocycles. The molecule has 0 aliphatic rings. The fourth-order valence-corrected chi connectivity index (χ4v) is 2.01. The van der Waals surface area contributed by atoms with E-state index in [2.05, 4.69) is 5.32 Å². The van der Waals surface area contributed by atoms with E-state index in [1.807, 2.05) is 19.1 Å². The fraction of sp³-hybridized carbons (Fsp3) is 0.133. The number of hydrogen-bond donors (Lipinski definition) is 2. The Morgan fingerprint density at radius 3 is 2.70 bits per heavy atom. The molecule has 2 aromatic rings. The first-order chi connectivity index (χ1) is 9.47. The van der Waals surface area contributed by atoms with Crippen molar-refractivity contribution in [2.45, 2.75) is 13.0 Å². The van der Waals surface area contributed by atoms with Crippen LogP contribution in [0.25, 0.3) is 0 Å². The summed E-state index contributed by atoms with van der Waals surface area (Å²) in [6.07, 6.45) is 0. The maximum atomic E-state index is 13.3. The van der Waals surface area contributed by atoms with Crippen molar-refractivity contribution in [3.63, 3.8) is 0 Å². The molecular formula is C15H14ClFN2O. The van der Waals surface area contributed by atoms with Crippen molar-refractivity contribution < 1.29 is 9.18 Å². The van der Waals surface area contributed by atoms with Crippen LogP contribution in [0, 0.1) is 5.82 Å². The summed E-state index contributed by atoms with van der Waals surface area (Å²) in [7, 11) is 0. The van der Waals surface area contributed by atoms with Crippen molar-refractivity contribution in [3.05, 3.63) is 64.4 Å². The predicted octanol–water partition coefficient (Wildman–Crippen LogP) is 3.55. The molecule has 0 saturated carbocycles. The number of rotatable bonds is 3. The first-order valence-electron chi connectivity index (χ1n) is 6.08. The van der Waals surface area contributed by atoms with Crippen molar-refractivity contribution in [2.24, 2.45) is 0 Å². The molecule has 1 atom stereocenters. The van der Waals surface area contributed by atoms with Gasteiger partial charge < -0.3 is 11.1 Å². The van der Waals surface area contributed by atoms with Gasteiger partial charge in [0, 0.05) is 10.6 Å². The Kier molecular flexibility index (Phi) is 4.25. The Morgan fingerprint density at radius 2 is 2.05 bits per heavy atom. The number of nitrogens with one attached hydrogen (secondary N) is 1. The minimum atomic E-state index is -0.604. The molecule has 0 aromatic heterocycles. The summed E-state index contributed by atoms with van der Waals surface area (Å²) in [5, 5.41) is 3.38. The topological polar surface area (TPSA) is 55.1 Å². The molecule has 5 heteroatoms. The molecule has 0 heterocycles. The van der Waals surface area contributed by atoms with Crippen molar-refractivity contribution >= 4 is 23.2 Å². The van der Waals surface area contributed by atoms with E-state index in [1.165, 1.54) is 12.1 Å². The molecule has 0 fully saturated rings. The highest BCUT2D eigenvalue weighted by atomic mass is 35.5. The van der Waals surface area contributed by atoms with Gasteiger partial charge in [0.25, 0.3) is 5.91 Å². The normalized spacial score (nSPS) is 11.9. The van der Waals surface area contributed by atoms with Crippen molar-refractivity contribution in [2.75, 3.05) is 5.73 Å². The molecule has 20 heavy (non-hydrogen) atoms. The summed E-state index contributed by atoms with van der Waals surface area (Å²) in [6, 6.07) is 10.9. The largest absolute Gasteiger partial charge is 0.396 e. The quantitative estimate of drug-likeness (QED) is 0.850. The van der Waals surface area contributed by atoms with Crippen LogP contribution in [0.3, 0.4) is 0 Å². The molecule has 0 spiro atoms. The molecule has 0 unspecified atom stereocenters. The second-order valence-corrected chi connectivity index (χ2v) is 4.92. The highest BCUT2D eigenvalue weighted by molar-refractivity contribution is 6.30. The Hall–Kier alpha value is -2.07. The van der Waals surface area contributed by atoms with Crippen LogP contribution in [-0.4, -0.2) is 5.91 Å². The Labute approximate surface area is 121 Å². The van der Waals surface area contributed by atoms with Crippen LogP contribution in [-0.2, 0) is 0 Å². The van der Waals surface area contributed by atoms with Crippen molar-refractivity contribution in [1.29, 1.82) is 0 Å². The number of hydrogen-bond acceptors (Lipinski definition) is 2. The van der Waals surface area contributed by atoms with Gasteiger partial charge in [0.15, 0.2) is 0 Å². The lowest BCUT2D eigenvalue weighted by atomic mass is 10.1. The van der Waals surface area contributed by atoms with Gasteiger partial charge in [-0.25, -0.2) is 4.39 Å². The lowest BCUT2D eigenvalue weighted by Gasteiger charge is -2.15. The summed E-state index contributed by atoms with van der Waals surface area (Å²) >= 11 is 5.90. The highest BCUT2D eigenvalue weighted by Gasteiger charge is 2.13. The third-order valence-corrected chi connectivity index (χ3v) is 3.19. The minimum Gasteiger partial charge on any atom is -0.396 e. The third-order valence-electron chi connectivity index (χ3n) is 2.96. The monoisotopic (exact) mass is 292 g/mol. The molecule has 104 valence electrons. The molecule has 0 radical (unpaired) electrons. The van der Waals surface area contributed by atoms with Gasteiger partial charge in [-0.2, -0.15) is 0 Å². The van der Waals surface area contributed by atoms with Crippen LogP contribution in [0.2, 0.25) is 5.02 Å². The second-order valence-electron chi connectivity index (χ2n) is 4.49. The molecule has 3 nitrogen and oxygen atoms in total. The molecule has 0 bridgehead atoms. The first-order valence-corrected chi connectivity index (χ1v) is 6.46. The average Bonchev–Trinajstić information content (AvgIpc) is 2.41. The molecular weight excluding hydrogens is 279 g/mol. The second kappa shape index (κ2) is 5.92. The number of amides is 1. The summed E-state index contributed by atoms with van der Waals surface area (Å²) < 4.78 is 13.3. The van der Waals surface area contributed by atoms with Crippen LogP contribution in [0.15, 0.2) is 42.5 Å². The van der Waals surface area contributed by atoms with Crippen LogP contribution in [0.5, 0.6) is 0 Å². The molecule has 0 aliphatic heterocycles. The molecule has 1 amide bonds. The standard InChI is InChI=1S/C15H14ClFN2O/c1-9(10-3-2-4-12(16)7-10)19-15(20)11-5-6-14(18)13(17)8-11/h2-9H,18H2,1H3,(H,19,20)/t9-/m1/s1. The summed E-state index contributed by atoms with van der Waals surface area (Å²) in [6.45, 7) is 1.83. The van der Waals surface area contributed by atoms with Crippen LogP contribution >= 0.6 is 11.6 Å². The third kappa shape index (κ3) is 3.27. The van der Waals surface area contributed by atoms with Gasteiger partial charge in [0.2, 0.25) is 0 Å². The van der Waals surface area contributed by atoms with E-state index in [1.54, 1.807) is 12.1 Å². The van der Waals surface area contributed by atoms with E-state index < -0.39 is 5.82 Å². The molecule has 0 saturated heterocycles. The van der Waals surface area contributed by atoms with Gasteiger partial charge in [-0.1, -0.05) is 23.7 Å². The minimum absolute atomic E-state index is 0.0180. The summed E-state index contributed by atoms with van der Waals surface area (Å²) in [5.41, 5.74) is 6.50. The number of carbonyl (C=O) groups excluding carboxylic acids is 1.